The number of alkyl carbamates (subject to hydrolysis) is 1. The van der Waals surface area contributed by atoms with Gasteiger partial charge in [0.1, 0.15) is 5.60 Å². The van der Waals surface area contributed by atoms with Crippen molar-refractivity contribution in [3.05, 3.63) is 0 Å². The topological polar surface area (TPSA) is 38.3 Å². The summed E-state index contributed by atoms with van der Waals surface area (Å²) in [5.41, 5.74) is -0.659. The zero-order valence-electron chi connectivity index (χ0n) is 7.26. The van der Waals surface area contributed by atoms with Crippen LogP contribution in [0.4, 0.5) is 4.79 Å². The number of carbonyl (C=O) groups is 1. The van der Waals surface area contributed by atoms with Crippen LogP contribution in [0.5, 0.6) is 0 Å². The summed E-state index contributed by atoms with van der Waals surface area (Å²) in [6.45, 7) is 7.67. The van der Waals surface area contributed by atoms with Crippen molar-refractivity contribution in [3.63, 3.8) is 0 Å². The maximum Gasteiger partial charge on any atom is 0.408 e. The minimum Gasteiger partial charge on any atom is -0.441 e. The summed E-state index contributed by atoms with van der Waals surface area (Å²) in [5.74, 6) is 0. The van der Waals surface area contributed by atoms with E-state index in [9.17, 15) is 4.79 Å². The van der Waals surface area contributed by atoms with Crippen LogP contribution in [0.2, 0.25) is 0 Å². The third-order valence-electron chi connectivity index (χ3n) is 2.27. The number of amides is 1. The molecule has 0 saturated carbocycles. The molecule has 1 saturated heterocycles. The van der Waals surface area contributed by atoms with E-state index in [0.29, 0.717) is 0 Å². The van der Waals surface area contributed by atoms with Crippen LogP contribution < -0.4 is 5.32 Å². The summed E-state index contributed by atoms with van der Waals surface area (Å²) < 4.78 is 5.01. The molecular formula is C7H13NO2V. The molecule has 1 rings (SSSR count). The molecule has 1 aliphatic rings. The molecule has 1 N–H and O–H groups in total. The Kier molecular flexibility index (Phi) is 2.68. The second-order valence-electron chi connectivity index (χ2n) is 3.65. The Hall–Kier alpha value is -0.146. The first-order valence-corrected chi connectivity index (χ1v) is 3.36. The van der Waals surface area contributed by atoms with Crippen molar-refractivity contribution in [1.29, 1.82) is 0 Å². The van der Waals surface area contributed by atoms with Crippen LogP contribution in [0.25, 0.3) is 0 Å². The summed E-state index contributed by atoms with van der Waals surface area (Å²) in [5, 5.41) is 2.72. The van der Waals surface area contributed by atoms with E-state index in [-0.39, 0.29) is 30.2 Å². The zero-order valence-corrected chi connectivity index (χ0v) is 8.66. The monoisotopic (exact) mass is 194 g/mol. The van der Waals surface area contributed by atoms with E-state index in [0.717, 1.165) is 0 Å². The molecule has 1 heterocycles. The Morgan fingerprint density at radius 2 is 1.73 bits per heavy atom. The Labute approximate surface area is 78.8 Å². The van der Waals surface area contributed by atoms with Crippen molar-refractivity contribution < 1.29 is 28.1 Å². The fourth-order valence-corrected chi connectivity index (χ4v) is 0.791. The van der Waals surface area contributed by atoms with E-state index >= 15 is 0 Å². The molecule has 0 atom stereocenters. The summed E-state index contributed by atoms with van der Waals surface area (Å²) in [7, 11) is 0. The average molecular weight is 194 g/mol. The Morgan fingerprint density at radius 1 is 1.27 bits per heavy atom. The van der Waals surface area contributed by atoms with Crippen molar-refractivity contribution in [1.82, 2.24) is 5.32 Å². The van der Waals surface area contributed by atoms with Gasteiger partial charge in [-0.3, -0.25) is 0 Å². The number of carbonyl (C=O) groups excluding carboxylic acids is 1. The van der Waals surface area contributed by atoms with E-state index in [1.165, 1.54) is 0 Å². The van der Waals surface area contributed by atoms with Gasteiger partial charge in [-0.25, -0.2) is 4.79 Å². The second kappa shape index (κ2) is 2.72. The first-order chi connectivity index (χ1) is 4.35. The predicted molar refractivity (Wildman–Crippen MR) is 37.8 cm³/mol. The standard InChI is InChI=1S/C7H13NO2.V/c1-6(2)7(3,4)10-5(9)8-6;/h1-4H3,(H,8,9);. The van der Waals surface area contributed by atoms with Crippen LogP contribution >= 0.6 is 0 Å². The van der Waals surface area contributed by atoms with Gasteiger partial charge >= 0.3 is 6.09 Å². The SMILES string of the molecule is CC1(C)NC(=O)OC1(C)C.[V]. The summed E-state index contributed by atoms with van der Waals surface area (Å²) >= 11 is 0. The number of nitrogens with one attached hydrogen (secondary N) is 1. The smallest absolute Gasteiger partial charge is 0.408 e. The molecule has 1 aliphatic heterocycles. The molecule has 0 spiro atoms. The fourth-order valence-electron chi connectivity index (χ4n) is 0.791. The van der Waals surface area contributed by atoms with Gasteiger partial charge in [0.25, 0.3) is 0 Å². The summed E-state index contributed by atoms with van der Waals surface area (Å²) in [6.07, 6.45) is -0.324. The van der Waals surface area contributed by atoms with Gasteiger partial charge in [0.05, 0.1) is 5.54 Å². The number of hydrogen-bond donors (Lipinski definition) is 1. The van der Waals surface area contributed by atoms with Gasteiger partial charge in [0.2, 0.25) is 0 Å². The van der Waals surface area contributed by atoms with Crippen molar-refractivity contribution in [2.75, 3.05) is 0 Å². The molecule has 0 aromatic rings. The first-order valence-electron chi connectivity index (χ1n) is 3.36. The molecule has 1 amide bonds. The normalized spacial score (nSPS) is 24.9. The molecule has 0 aromatic carbocycles. The molecule has 0 unspecified atom stereocenters. The molecule has 4 heteroatoms. The second-order valence-corrected chi connectivity index (χ2v) is 3.65. The van der Waals surface area contributed by atoms with Gasteiger partial charge in [0, 0.05) is 18.6 Å². The van der Waals surface area contributed by atoms with Crippen LogP contribution in [-0.2, 0) is 23.3 Å². The largest absolute Gasteiger partial charge is 0.441 e. The summed E-state index contributed by atoms with van der Waals surface area (Å²) in [4.78, 5) is 10.7. The van der Waals surface area contributed by atoms with Gasteiger partial charge in [-0.2, -0.15) is 0 Å². The molecule has 1 radical (unpaired) electrons. The number of ether oxygens (including phenoxy) is 1. The van der Waals surface area contributed by atoms with E-state index in [4.69, 9.17) is 4.74 Å². The average Bonchev–Trinajstić information content (AvgIpc) is 1.73. The van der Waals surface area contributed by atoms with E-state index in [1.54, 1.807) is 0 Å². The Morgan fingerprint density at radius 3 is 1.82 bits per heavy atom. The maximum atomic E-state index is 10.7. The minimum absolute atomic E-state index is 0. The number of hydrogen-bond acceptors (Lipinski definition) is 2. The van der Waals surface area contributed by atoms with Gasteiger partial charge in [-0.05, 0) is 27.7 Å². The fraction of sp³-hybridized carbons (Fsp3) is 0.857. The van der Waals surface area contributed by atoms with Crippen LogP contribution in [0.1, 0.15) is 27.7 Å². The molecule has 0 bridgehead atoms. The molecule has 0 aromatic heterocycles. The quantitative estimate of drug-likeness (QED) is 0.630. The summed E-state index contributed by atoms with van der Waals surface area (Å²) in [6, 6.07) is 0. The third-order valence-corrected chi connectivity index (χ3v) is 2.27. The van der Waals surface area contributed by atoms with E-state index < -0.39 is 5.60 Å². The number of rotatable bonds is 0. The van der Waals surface area contributed by atoms with Crippen molar-refractivity contribution >= 4 is 6.09 Å². The van der Waals surface area contributed by atoms with Gasteiger partial charge in [-0.1, -0.05) is 0 Å². The molecule has 11 heavy (non-hydrogen) atoms. The van der Waals surface area contributed by atoms with Gasteiger partial charge < -0.3 is 10.1 Å². The maximum absolute atomic E-state index is 10.7. The van der Waals surface area contributed by atoms with Crippen molar-refractivity contribution in [2.45, 2.75) is 38.8 Å². The van der Waals surface area contributed by atoms with Crippen LogP contribution in [-0.4, -0.2) is 17.2 Å². The zero-order chi connectivity index (χ0) is 7.99. The molecule has 1 fully saturated rings. The van der Waals surface area contributed by atoms with E-state index in [1.807, 2.05) is 27.7 Å². The van der Waals surface area contributed by atoms with Gasteiger partial charge in [-0.15, -0.1) is 0 Å². The minimum atomic E-state index is -0.399. The van der Waals surface area contributed by atoms with Crippen LogP contribution in [0, 0.1) is 0 Å². The van der Waals surface area contributed by atoms with Crippen molar-refractivity contribution in [2.24, 2.45) is 0 Å². The third kappa shape index (κ3) is 1.71. The Bertz CT molecular complexity index is 159. The predicted octanol–water partition coefficient (Wildman–Crippen LogP) is 1.28. The first kappa shape index (κ1) is 10.9. The Balaban J connectivity index is 0.000001000. The van der Waals surface area contributed by atoms with Crippen molar-refractivity contribution in [3.8, 4) is 0 Å². The van der Waals surface area contributed by atoms with E-state index in [2.05, 4.69) is 5.32 Å². The molecule has 0 aliphatic carbocycles. The molecule has 63 valence electrons. The van der Waals surface area contributed by atoms with Gasteiger partial charge in [0.15, 0.2) is 0 Å². The number of cyclic esters (lactones) is 1. The van der Waals surface area contributed by atoms with Crippen LogP contribution in [0.3, 0.4) is 0 Å². The van der Waals surface area contributed by atoms with Crippen LogP contribution in [0.15, 0.2) is 0 Å². The molecule has 3 nitrogen and oxygen atoms in total. The molecular weight excluding hydrogens is 181 g/mol.